The summed E-state index contributed by atoms with van der Waals surface area (Å²) in [6.45, 7) is 2.87. The number of rotatable bonds is 6. The normalized spacial score (nSPS) is 10.6. The van der Waals surface area contributed by atoms with Crippen molar-refractivity contribution < 1.29 is 9.21 Å². The van der Waals surface area contributed by atoms with E-state index in [1.54, 1.807) is 13.3 Å². The molecule has 6 nitrogen and oxygen atoms in total. The number of thioether (sulfide) groups is 1. The van der Waals surface area contributed by atoms with Crippen molar-refractivity contribution in [3.8, 4) is 11.6 Å². The van der Waals surface area contributed by atoms with Gasteiger partial charge < -0.3 is 9.73 Å². The molecule has 0 saturated carbocycles. The number of hydrogen-bond acceptors (Lipinski definition) is 5. The number of hydrogen-bond donors (Lipinski definition) is 1. The Hall–Kier alpha value is -1.76. The SMILES string of the molecule is CCCn1c(SCC(=O)NC)nnc1-c1ccco1. The second-order valence-electron chi connectivity index (χ2n) is 3.90. The first-order valence-electron chi connectivity index (χ1n) is 6.06. The fourth-order valence-corrected chi connectivity index (χ4v) is 2.45. The average molecular weight is 280 g/mol. The molecule has 2 heterocycles. The molecule has 1 N–H and O–H groups in total. The van der Waals surface area contributed by atoms with Crippen LogP contribution >= 0.6 is 11.8 Å². The molecule has 0 atom stereocenters. The van der Waals surface area contributed by atoms with Crippen molar-refractivity contribution in [1.29, 1.82) is 0 Å². The minimum atomic E-state index is -0.0319. The van der Waals surface area contributed by atoms with Crippen LogP contribution in [0.2, 0.25) is 0 Å². The van der Waals surface area contributed by atoms with Crippen molar-refractivity contribution in [2.24, 2.45) is 0 Å². The molecule has 19 heavy (non-hydrogen) atoms. The van der Waals surface area contributed by atoms with E-state index in [0.717, 1.165) is 18.1 Å². The first-order chi connectivity index (χ1) is 9.26. The van der Waals surface area contributed by atoms with Crippen LogP contribution in [0.25, 0.3) is 11.6 Å². The fraction of sp³-hybridized carbons (Fsp3) is 0.417. The number of nitrogens with zero attached hydrogens (tertiary/aromatic N) is 3. The number of carbonyl (C=O) groups is 1. The first kappa shape index (κ1) is 13.7. The monoisotopic (exact) mass is 280 g/mol. The van der Waals surface area contributed by atoms with Gasteiger partial charge in [0, 0.05) is 13.6 Å². The molecule has 2 aromatic heterocycles. The topological polar surface area (TPSA) is 73.0 Å². The molecule has 0 bridgehead atoms. The minimum absolute atomic E-state index is 0.0319. The van der Waals surface area contributed by atoms with E-state index >= 15 is 0 Å². The number of furan rings is 1. The fourth-order valence-electron chi connectivity index (χ4n) is 1.61. The Labute approximate surface area is 115 Å². The van der Waals surface area contributed by atoms with Crippen molar-refractivity contribution in [1.82, 2.24) is 20.1 Å². The summed E-state index contributed by atoms with van der Waals surface area (Å²) in [5.41, 5.74) is 0. The second-order valence-corrected chi connectivity index (χ2v) is 4.84. The van der Waals surface area contributed by atoms with Gasteiger partial charge in [-0.2, -0.15) is 0 Å². The van der Waals surface area contributed by atoms with Crippen molar-refractivity contribution in [2.45, 2.75) is 25.0 Å². The molecule has 2 rings (SSSR count). The maximum Gasteiger partial charge on any atom is 0.230 e. The highest BCUT2D eigenvalue weighted by Gasteiger charge is 2.16. The largest absolute Gasteiger partial charge is 0.461 e. The molecule has 0 aliphatic carbocycles. The minimum Gasteiger partial charge on any atom is -0.461 e. The van der Waals surface area contributed by atoms with Crippen LogP contribution in [0.3, 0.4) is 0 Å². The van der Waals surface area contributed by atoms with E-state index in [1.807, 2.05) is 16.7 Å². The number of amides is 1. The van der Waals surface area contributed by atoms with E-state index < -0.39 is 0 Å². The van der Waals surface area contributed by atoms with Crippen LogP contribution < -0.4 is 5.32 Å². The molecule has 0 saturated heterocycles. The summed E-state index contributed by atoms with van der Waals surface area (Å²) in [6, 6.07) is 3.67. The molecule has 0 radical (unpaired) electrons. The lowest BCUT2D eigenvalue weighted by atomic mass is 10.4. The van der Waals surface area contributed by atoms with Crippen LogP contribution in [0.5, 0.6) is 0 Å². The third kappa shape index (κ3) is 3.17. The number of nitrogens with one attached hydrogen (secondary N) is 1. The molecule has 2 aromatic rings. The highest BCUT2D eigenvalue weighted by atomic mass is 32.2. The van der Waals surface area contributed by atoms with E-state index in [0.29, 0.717) is 17.3 Å². The van der Waals surface area contributed by atoms with Gasteiger partial charge in [0.05, 0.1) is 12.0 Å². The smallest absolute Gasteiger partial charge is 0.230 e. The van der Waals surface area contributed by atoms with Crippen LogP contribution in [0.4, 0.5) is 0 Å². The highest BCUT2D eigenvalue weighted by Crippen LogP contribution is 2.24. The lowest BCUT2D eigenvalue weighted by molar-refractivity contribution is -0.118. The summed E-state index contributed by atoms with van der Waals surface area (Å²) in [5.74, 6) is 1.69. The molecule has 0 aromatic carbocycles. The Balaban J connectivity index is 2.22. The summed E-state index contributed by atoms with van der Waals surface area (Å²) in [4.78, 5) is 11.3. The summed E-state index contributed by atoms with van der Waals surface area (Å²) >= 11 is 1.37. The maximum absolute atomic E-state index is 11.3. The van der Waals surface area contributed by atoms with Crippen LogP contribution in [-0.2, 0) is 11.3 Å². The Morgan fingerprint density at radius 3 is 3.00 bits per heavy atom. The molecule has 7 heteroatoms. The van der Waals surface area contributed by atoms with E-state index in [-0.39, 0.29) is 5.91 Å². The molecule has 0 unspecified atom stereocenters. The zero-order valence-corrected chi connectivity index (χ0v) is 11.7. The van der Waals surface area contributed by atoms with Crippen molar-refractivity contribution >= 4 is 17.7 Å². The quantitative estimate of drug-likeness (QED) is 0.817. The van der Waals surface area contributed by atoms with Crippen molar-refractivity contribution in [3.63, 3.8) is 0 Å². The van der Waals surface area contributed by atoms with Crippen LogP contribution in [0.15, 0.2) is 28.0 Å². The Kier molecular flexibility index (Phi) is 4.62. The van der Waals surface area contributed by atoms with E-state index in [9.17, 15) is 4.79 Å². The molecular weight excluding hydrogens is 264 g/mol. The molecular formula is C12H16N4O2S. The molecule has 1 amide bonds. The average Bonchev–Trinajstić information content (AvgIpc) is 3.05. The third-order valence-corrected chi connectivity index (χ3v) is 3.48. The van der Waals surface area contributed by atoms with Gasteiger partial charge in [-0.25, -0.2) is 0 Å². The molecule has 0 fully saturated rings. The molecule has 0 spiro atoms. The van der Waals surface area contributed by atoms with Crippen molar-refractivity contribution in [2.75, 3.05) is 12.8 Å². The van der Waals surface area contributed by atoms with Gasteiger partial charge in [0.15, 0.2) is 16.7 Å². The zero-order chi connectivity index (χ0) is 13.7. The lowest BCUT2D eigenvalue weighted by Crippen LogP contribution is -2.20. The third-order valence-electron chi connectivity index (χ3n) is 2.52. The van der Waals surface area contributed by atoms with Crippen LogP contribution in [0.1, 0.15) is 13.3 Å². The molecule has 102 valence electrons. The van der Waals surface area contributed by atoms with Crippen molar-refractivity contribution in [3.05, 3.63) is 18.4 Å². The van der Waals surface area contributed by atoms with Gasteiger partial charge in [-0.1, -0.05) is 18.7 Å². The maximum atomic E-state index is 11.3. The van der Waals surface area contributed by atoms with E-state index in [2.05, 4.69) is 22.4 Å². The summed E-state index contributed by atoms with van der Waals surface area (Å²) in [7, 11) is 1.62. The Bertz CT molecular complexity index is 536. The van der Waals surface area contributed by atoms with Gasteiger partial charge >= 0.3 is 0 Å². The molecule has 0 aliphatic heterocycles. The molecule has 0 aliphatic rings. The van der Waals surface area contributed by atoms with Gasteiger partial charge in [-0.05, 0) is 18.6 Å². The van der Waals surface area contributed by atoms with Gasteiger partial charge in [-0.3, -0.25) is 9.36 Å². The van der Waals surface area contributed by atoms with Gasteiger partial charge in [0.1, 0.15) is 0 Å². The van der Waals surface area contributed by atoms with Gasteiger partial charge in [-0.15, -0.1) is 10.2 Å². The Morgan fingerprint density at radius 2 is 2.37 bits per heavy atom. The lowest BCUT2D eigenvalue weighted by Gasteiger charge is -2.06. The standard InChI is InChI=1S/C12H16N4O2S/c1-3-6-16-11(9-5-4-7-18-9)14-15-12(16)19-8-10(17)13-2/h4-5,7H,3,6,8H2,1-2H3,(H,13,17). The highest BCUT2D eigenvalue weighted by molar-refractivity contribution is 7.99. The van der Waals surface area contributed by atoms with E-state index in [4.69, 9.17) is 4.42 Å². The zero-order valence-electron chi connectivity index (χ0n) is 10.9. The van der Waals surface area contributed by atoms with Gasteiger partial charge in [0.2, 0.25) is 5.91 Å². The van der Waals surface area contributed by atoms with Crippen LogP contribution in [-0.4, -0.2) is 33.5 Å². The number of carbonyl (C=O) groups excluding carboxylic acids is 1. The first-order valence-corrected chi connectivity index (χ1v) is 7.05. The number of aromatic nitrogens is 3. The summed E-state index contributed by atoms with van der Waals surface area (Å²) in [6.07, 6.45) is 2.57. The summed E-state index contributed by atoms with van der Waals surface area (Å²) < 4.78 is 7.33. The predicted molar refractivity (Wildman–Crippen MR) is 72.8 cm³/mol. The van der Waals surface area contributed by atoms with E-state index in [1.165, 1.54) is 11.8 Å². The van der Waals surface area contributed by atoms with Crippen LogP contribution in [0, 0.1) is 0 Å². The summed E-state index contributed by atoms with van der Waals surface area (Å²) in [5, 5.41) is 11.6. The van der Waals surface area contributed by atoms with Gasteiger partial charge in [0.25, 0.3) is 0 Å². The second kappa shape index (κ2) is 6.42. The Morgan fingerprint density at radius 1 is 1.53 bits per heavy atom. The predicted octanol–water partition coefficient (Wildman–Crippen LogP) is 1.79.